The molecule has 4 atom stereocenters. The van der Waals surface area contributed by atoms with Gasteiger partial charge >= 0.3 is 0 Å². The molecule has 0 saturated carbocycles. The lowest BCUT2D eigenvalue weighted by atomic mass is 9.76. The fourth-order valence-electron chi connectivity index (χ4n) is 4.40. The van der Waals surface area contributed by atoms with Crippen molar-refractivity contribution in [1.82, 2.24) is 5.32 Å². The second kappa shape index (κ2) is 7.37. The van der Waals surface area contributed by atoms with Crippen LogP contribution in [0.5, 0.6) is 0 Å². The zero-order valence-corrected chi connectivity index (χ0v) is 15.5. The molecule has 138 valence electrons. The van der Waals surface area contributed by atoms with Gasteiger partial charge in [-0.2, -0.15) is 0 Å². The topological polar surface area (TPSA) is 33.3 Å². The van der Waals surface area contributed by atoms with Gasteiger partial charge in [0.2, 0.25) is 0 Å². The summed E-state index contributed by atoms with van der Waals surface area (Å²) in [5, 5.41) is 6.96. The van der Waals surface area contributed by atoms with Crippen LogP contribution in [0.2, 0.25) is 0 Å². The Hall–Kier alpha value is -1.91. The summed E-state index contributed by atoms with van der Waals surface area (Å²) in [7, 11) is 1.97. The third-order valence-corrected chi connectivity index (χ3v) is 5.78. The molecule has 2 aliphatic rings. The molecule has 0 bridgehead atoms. The summed E-state index contributed by atoms with van der Waals surface area (Å²) >= 11 is 0. The average molecular weight is 354 g/mol. The molecule has 1 fully saturated rings. The number of anilines is 1. The summed E-state index contributed by atoms with van der Waals surface area (Å²) < 4.78 is 19.9. The summed E-state index contributed by atoms with van der Waals surface area (Å²) in [6.07, 6.45) is 3.49. The smallest absolute Gasteiger partial charge is 0.123 e. The molecule has 0 radical (unpaired) electrons. The molecule has 0 aromatic heterocycles. The third-order valence-electron chi connectivity index (χ3n) is 5.78. The van der Waals surface area contributed by atoms with Crippen LogP contribution in [0.3, 0.4) is 0 Å². The van der Waals surface area contributed by atoms with E-state index in [-0.39, 0.29) is 24.1 Å². The molecule has 2 aromatic rings. The summed E-state index contributed by atoms with van der Waals surface area (Å²) in [5.74, 6) is 0.163. The number of ether oxygens (including phenoxy) is 1. The maximum atomic E-state index is 13.4. The second-order valence-electron chi connectivity index (χ2n) is 7.43. The first kappa shape index (κ1) is 17.5. The lowest BCUT2D eigenvalue weighted by molar-refractivity contribution is -0.0910. The molecule has 2 N–H and O–H groups in total. The van der Waals surface area contributed by atoms with Crippen LogP contribution in [-0.4, -0.2) is 19.7 Å². The Morgan fingerprint density at radius 3 is 2.69 bits per heavy atom. The normalized spacial score (nSPS) is 27.3. The predicted octanol–water partition coefficient (Wildman–Crippen LogP) is 4.61. The van der Waals surface area contributed by atoms with Crippen molar-refractivity contribution < 1.29 is 9.13 Å². The fourth-order valence-corrected chi connectivity index (χ4v) is 4.40. The molecule has 4 rings (SSSR count). The van der Waals surface area contributed by atoms with Crippen LogP contribution < -0.4 is 10.6 Å². The lowest BCUT2D eigenvalue weighted by Crippen LogP contribution is -2.41. The quantitative estimate of drug-likeness (QED) is 0.841. The van der Waals surface area contributed by atoms with Gasteiger partial charge in [0.1, 0.15) is 5.82 Å². The number of benzene rings is 2. The van der Waals surface area contributed by atoms with Gasteiger partial charge in [-0.25, -0.2) is 4.39 Å². The van der Waals surface area contributed by atoms with Crippen LogP contribution >= 0.6 is 0 Å². The molecule has 0 aliphatic carbocycles. The number of nitrogens with one attached hydrogen (secondary N) is 2. The van der Waals surface area contributed by atoms with Crippen LogP contribution in [0, 0.1) is 11.7 Å². The highest BCUT2D eigenvalue weighted by molar-refractivity contribution is 5.58. The minimum absolute atomic E-state index is 0.0832. The number of hydrogen-bond acceptors (Lipinski definition) is 3. The van der Waals surface area contributed by atoms with Crippen molar-refractivity contribution in [1.29, 1.82) is 0 Å². The van der Waals surface area contributed by atoms with Crippen molar-refractivity contribution in [3.05, 3.63) is 65.0 Å². The van der Waals surface area contributed by atoms with Gasteiger partial charge in [-0.1, -0.05) is 31.2 Å². The Labute approximate surface area is 155 Å². The van der Waals surface area contributed by atoms with Crippen molar-refractivity contribution in [3.8, 4) is 0 Å². The van der Waals surface area contributed by atoms with Gasteiger partial charge in [-0.05, 0) is 55.6 Å². The van der Waals surface area contributed by atoms with E-state index >= 15 is 0 Å². The minimum Gasteiger partial charge on any atom is -0.378 e. The largest absolute Gasteiger partial charge is 0.378 e. The maximum absolute atomic E-state index is 13.4. The molecule has 0 spiro atoms. The van der Waals surface area contributed by atoms with E-state index in [0.717, 1.165) is 37.1 Å². The van der Waals surface area contributed by atoms with Crippen LogP contribution in [-0.2, 0) is 11.2 Å². The van der Waals surface area contributed by atoms with Gasteiger partial charge < -0.3 is 15.4 Å². The summed E-state index contributed by atoms with van der Waals surface area (Å²) in [5.41, 5.74) is 4.88. The monoisotopic (exact) mass is 354 g/mol. The number of fused-ring (bicyclic) bond motifs is 3. The Kier molecular flexibility index (Phi) is 4.96. The molecule has 4 heteroatoms. The summed E-state index contributed by atoms with van der Waals surface area (Å²) in [6.45, 7) is 3.06. The molecule has 2 aromatic carbocycles. The molecule has 1 saturated heterocycles. The highest BCUT2D eigenvalue weighted by Crippen LogP contribution is 2.50. The van der Waals surface area contributed by atoms with Crippen LogP contribution in [0.4, 0.5) is 10.1 Å². The standard InChI is InChI=1S/C22H27FN2O/c1-3-14-4-11-20-19(12-14)22-18(10-9-17(26-22)13-24-2)21(25-20)15-5-7-16(23)8-6-15/h4-8,11-12,17-18,21-22,24-25H,3,9-10,13H2,1-2H3/t17-,18+,21+,22+/m1/s1. The molecule has 26 heavy (non-hydrogen) atoms. The molecule has 0 unspecified atom stereocenters. The number of aryl methyl sites for hydroxylation is 1. The predicted molar refractivity (Wildman–Crippen MR) is 103 cm³/mol. The van der Waals surface area contributed by atoms with Gasteiger partial charge in [-0.15, -0.1) is 0 Å². The van der Waals surface area contributed by atoms with E-state index in [9.17, 15) is 4.39 Å². The Morgan fingerprint density at radius 1 is 1.15 bits per heavy atom. The third kappa shape index (κ3) is 3.24. The highest BCUT2D eigenvalue weighted by atomic mass is 19.1. The SMILES string of the molecule is CCc1ccc2c(c1)[C@H]1O[C@@H](CNC)CC[C@H]1[C@H](c1ccc(F)cc1)N2. The van der Waals surface area contributed by atoms with E-state index in [1.54, 1.807) is 12.1 Å². The van der Waals surface area contributed by atoms with E-state index < -0.39 is 0 Å². The minimum atomic E-state index is -0.192. The number of likely N-dealkylation sites (N-methyl/N-ethyl adjacent to an activating group) is 1. The highest BCUT2D eigenvalue weighted by Gasteiger charge is 2.42. The van der Waals surface area contributed by atoms with Gasteiger partial charge in [0.15, 0.2) is 0 Å². The number of rotatable bonds is 4. The van der Waals surface area contributed by atoms with Gasteiger partial charge in [0, 0.05) is 23.7 Å². The Balaban J connectivity index is 1.72. The van der Waals surface area contributed by atoms with E-state index in [4.69, 9.17) is 4.74 Å². The molecule has 2 aliphatic heterocycles. The first-order valence-electron chi connectivity index (χ1n) is 9.64. The second-order valence-corrected chi connectivity index (χ2v) is 7.43. The summed E-state index contributed by atoms with van der Waals surface area (Å²) in [4.78, 5) is 0. The molecule has 2 heterocycles. The van der Waals surface area contributed by atoms with Gasteiger partial charge in [0.05, 0.1) is 18.2 Å². The zero-order valence-electron chi connectivity index (χ0n) is 15.5. The molecule has 3 nitrogen and oxygen atoms in total. The Morgan fingerprint density at radius 2 is 1.96 bits per heavy atom. The average Bonchev–Trinajstić information content (AvgIpc) is 2.68. The van der Waals surface area contributed by atoms with Gasteiger partial charge in [0.25, 0.3) is 0 Å². The van der Waals surface area contributed by atoms with Crippen molar-refractivity contribution in [2.75, 3.05) is 18.9 Å². The molecular weight excluding hydrogens is 327 g/mol. The molecule has 0 amide bonds. The number of halogens is 1. The van der Waals surface area contributed by atoms with E-state index in [1.165, 1.54) is 11.1 Å². The van der Waals surface area contributed by atoms with E-state index in [0.29, 0.717) is 5.92 Å². The Bertz CT molecular complexity index is 761. The number of hydrogen-bond donors (Lipinski definition) is 2. The molecular formula is C22H27FN2O. The van der Waals surface area contributed by atoms with Crippen LogP contribution in [0.15, 0.2) is 42.5 Å². The summed E-state index contributed by atoms with van der Waals surface area (Å²) in [6, 6.07) is 13.7. The van der Waals surface area contributed by atoms with Crippen LogP contribution in [0.1, 0.15) is 48.6 Å². The van der Waals surface area contributed by atoms with Crippen molar-refractivity contribution in [2.24, 2.45) is 5.92 Å². The fraction of sp³-hybridized carbons (Fsp3) is 0.455. The lowest BCUT2D eigenvalue weighted by Gasteiger charge is -2.46. The first-order chi connectivity index (χ1) is 12.7. The first-order valence-corrected chi connectivity index (χ1v) is 9.64. The van der Waals surface area contributed by atoms with Crippen molar-refractivity contribution in [3.63, 3.8) is 0 Å². The van der Waals surface area contributed by atoms with E-state index in [1.807, 2.05) is 19.2 Å². The van der Waals surface area contributed by atoms with Crippen molar-refractivity contribution >= 4 is 5.69 Å². The maximum Gasteiger partial charge on any atom is 0.123 e. The van der Waals surface area contributed by atoms with Gasteiger partial charge in [-0.3, -0.25) is 0 Å². The zero-order chi connectivity index (χ0) is 18.1. The van der Waals surface area contributed by atoms with E-state index in [2.05, 4.69) is 35.8 Å². The van der Waals surface area contributed by atoms with Crippen LogP contribution in [0.25, 0.3) is 0 Å². The van der Waals surface area contributed by atoms with Crippen molar-refractivity contribution in [2.45, 2.75) is 44.4 Å².